The summed E-state index contributed by atoms with van der Waals surface area (Å²) < 4.78 is 0. The van der Waals surface area contributed by atoms with Gasteiger partial charge < -0.3 is 4.90 Å². The van der Waals surface area contributed by atoms with E-state index in [9.17, 15) is 0 Å². The van der Waals surface area contributed by atoms with Gasteiger partial charge in [-0.25, -0.2) is 0 Å². The highest BCUT2D eigenvalue weighted by atomic mass is 15.2. The van der Waals surface area contributed by atoms with Crippen molar-refractivity contribution in [2.45, 2.75) is 39.8 Å². The third-order valence-electron chi connectivity index (χ3n) is 2.11. The summed E-state index contributed by atoms with van der Waals surface area (Å²) in [6.45, 7) is 8.88. The lowest BCUT2D eigenvalue weighted by molar-refractivity contribution is 0.608. The van der Waals surface area contributed by atoms with Gasteiger partial charge in [-0.15, -0.1) is 0 Å². The van der Waals surface area contributed by atoms with Gasteiger partial charge in [0.2, 0.25) is 0 Å². The first kappa shape index (κ1) is 10.1. The molecule has 1 nitrogen and oxygen atoms in total. The van der Waals surface area contributed by atoms with Gasteiger partial charge in [-0.1, -0.05) is 12.1 Å². The monoisotopic (exact) mass is 176 g/mol. The van der Waals surface area contributed by atoms with E-state index in [0.29, 0.717) is 12.1 Å². The maximum atomic E-state index is 3.04. The quantitative estimate of drug-likeness (QED) is 0.684. The lowest BCUT2D eigenvalue weighted by atomic mass is 10.2. The second kappa shape index (κ2) is 4.31. The van der Waals surface area contributed by atoms with Crippen LogP contribution in [-0.4, -0.2) is 12.1 Å². The first-order valence-corrected chi connectivity index (χ1v) is 4.87. The molecule has 1 rings (SSSR count). The zero-order valence-electron chi connectivity index (χ0n) is 8.91. The van der Waals surface area contributed by atoms with Gasteiger partial charge in [-0.05, 0) is 45.9 Å². The van der Waals surface area contributed by atoms with Gasteiger partial charge >= 0.3 is 0 Å². The van der Waals surface area contributed by atoms with Crippen molar-refractivity contribution in [2.75, 3.05) is 4.90 Å². The van der Waals surface area contributed by atoms with Crippen molar-refractivity contribution in [3.05, 3.63) is 30.3 Å². The van der Waals surface area contributed by atoms with Crippen LogP contribution in [0, 0.1) is 6.07 Å². The van der Waals surface area contributed by atoms with Crippen LogP contribution in [0.25, 0.3) is 0 Å². The van der Waals surface area contributed by atoms with E-state index in [4.69, 9.17) is 0 Å². The van der Waals surface area contributed by atoms with Crippen molar-refractivity contribution in [1.82, 2.24) is 0 Å². The summed E-state index contributed by atoms with van der Waals surface area (Å²) in [7, 11) is 0. The molecule has 0 aliphatic carbocycles. The first-order valence-electron chi connectivity index (χ1n) is 4.87. The summed E-state index contributed by atoms with van der Waals surface area (Å²) in [5.41, 5.74) is 1.28. The summed E-state index contributed by atoms with van der Waals surface area (Å²) in [4.78, 5) is 2.40. The maximum Gasteiger partial charge on any atom is 0.0371 e. The van der Waals surface area contributed by atoms with Gasteiger partial charge in [0.15, 0.2) is 0 Å². The molecule has 1 aromatic carbocycles. The largest absolute Gasteiger partial charge is 0.367 e. The van der Waals surface area contributed by atoms with Crippen LogP contribution in [0.1, 0.15) is 27.7 Å². The fraction of sp³-hybridized carbons (Fsp3) is 0.500. The van der Waals surface area contributed by atoms with Crippen LogP contribution >= 0.6 is 0 Å². The van der Waals surface area contributed by atoms with Gasteiger partial charge in [0.25, 0.3) is 0 Å². The molecule has 0 heterocycles. The molecule has 0 aromatic heterocycles. The molecule has 0 aliphatic heterocycles. The van der Waals surface area contributed by atoms with Gasteiger partial charge in [-0.3, -0.25) is 0 Å². The SMILES string of the molecule is CC(C)N(c1cc[c]cc1)C(C)C. The predicted molar refractivity (Wildman–Crippen MR) is 58.0 cm³/mol. The Morgan fingerprint density at radius 1 is 1.00 bits per heavy atom. The van der Waals surface area contributed by atoms with Crippen LogP contribution in [0.3, 0.4) is 0 Å². The summed E-state index contributed by atoms with van der Waals surface area (Å²) in [6, 6.07) is 12.3. The van der Waals surface area contributed by atoms with Crippen molar-refractivity contribution in [3.8, 4) is 0 Å². The van der Waals surface area contributed by atoms with E-state index in [0.717, 1.165) is 0 Å². The van der Waals surface area contributed by atoms with Gasteiger partial charge in [0, 0.05) is 17.8 Å². The molecule has 1 aromatic rings. The van der Waals surface area contributed by atoms with Crippen molar-refractivity contribution in [1.29, 1.82) is 0 Å². The number of nitrogens with zero attached hydrogens (tertiary/aromatic N) is 1. The van der Waals surface area contributed by atoms with Crippen LogP contribution in [0.2, 0.25) is 0 Å². The topological polar surface area (TPSA) is 3.24 Å². The molecule has 1 radical (unpaired) electrons. The Morgan fingerprint density at radius 3 is 1.85 bits per heavy atom. The average molecular weight is 176 g/mol. The Morgan fingerprint density at radius 2 is 1.46 bits per heavy atom. The number of hydrogen-bond donors (Lipinski definition) is 0. The minimum Gasteiger partial charge on any atom is -0.367 e. The zero-order chi connectivity index (χ0) is 9.84. The standard InChI is InChI=1S/C12H18N/c1-10(2)13(11(3)4)12-8-6-5-7-9-12/h6-11H,1-4H3. The van der Waals surface area contributed by atoms with E-state index < -0.39 is 0 Å². The van der Waals surface area contributed by atoms with Crippen LogP contribution in [0.4, 0.5) is 5.69 Å². The molecule has 0 saturated carbocycles. The van der Waals surface area contributed by atoms with Gasteiger partial charge in [-0.2, -0.15) is 0 Å². The highest BCUT2D eigenvalue weighted by molar-refractivity contribution is 5.47. The number of hydrogen-bond acceptors (Lipinski definition) is 1. The molecule has 0 N–H and O–H groups in total. The Bertz CT molecular complexity index is 231. The number of benzene rings is 1. The van der Waals surface area contributed by atoms with Gasteiger partial charge in [0.05, 0.1) is 0 Å². The van der Waals surface area contributed by atoms with E-state index in [1.54, 1.807) is 0 Å². The molecular weight excluding hydrogens is 158 g/mol. The normalized spacial score (nSPS) is 10.9. The van der Waals surface area contributed by atoms with Crippen molar-refractivity contribution in [2.24, 2.45) is 0 Å². The molecule has 0 aliphatic rings. The molecule has 1 heteroatoms. The summed E-state index contributed by atoms with van der Waals surface area (Å²) in [5, 5.41) is 0. The summed E-state index contributed by atoms with van der Waals surface area (Å²) in [5.74, 6) is 0. The van der Waals surface area contributed by atoms with E-state index in [1.165, 1.54) is 5.69 Å². The number of anilines is 1. The maximum absolute atomic E-state index is 3.04. The predicted octanol–water partition coefficient (Wildman–Crippen LogP) is 3.11. The molecule has 0 saturated heterocycles. The van der Waals surface area contributed by atoms with Gasteiger partial charge in [0.1, 0.15) is 0 Å². The summed E-state index contributed by atoms with van der Waals surface area (Å²) in [6.07, 6.45) is 0. The summed E-state index contributed by atoms with van der Waals surface area (Å²) >= 11 is 0. The molecule has 71 valence electrons. The first-order chi connectivity index (χ1) is 6.13. The molecule has 0 amide bonds. The molecule has 0 atom stereocenters. The second-order valence-corrected chi connectivity index (χ2v) is 3.85. The average Bonchev–Trinajstić information content (AvgIpc) is 2.04. The fourth-order valence-corrected chi connectivity index (χ4v) is 1.74. The van der Waals surface area contributed by atoms with Crippen molar-refractivity contribution < 1.29 is 0 Å². The minimum atomic E-state index is 0.544. The Balaban J connectivity index is 2.89. The van der Waals surface area contributed by atoms with Crippen LogP contribution < -0.4 is 4.90 Å². The lowest BCUT2D eigenvalue weighted by Crippen LogP contribution is -2.36. The Kier molecular flexibility index (Phi) is 3.35. The lowest BCUT2D eigenvalue weighted by Gasteiger charge is -2.33. The van der Waals surface area contributed by atoms with Crippen LogP contribution in [0.15, 0.2) is 24.3 Å². The van der Waals surface area contributed by atoms with Crippen LogP contribution in [-0.2, 0) is 0 Å². The molecule has 0 bridgehead atoms. The Hall–Kier alpha value is -0.980. The third kappa shape index (κ3) is 2.48. The van der Waals surface area contributed by atoms with E-state index >= 15 is 0 Å². The smallest absolute Gasteiger partial charge is 0.0371 e. The zero-order valence-corrected chi connectivity index (χ0v) is 8.91. The van der Waals surface area contributed by atoms with Crippen molar-refractivity contribution in [3.63, 3.8) is 0 Å². The molecule has 13 heavy (non-hydrogen) atoms. The Labute approximate surface area is 81.4 Å². The van der Waals surface area contributed by atoms with E-state index in [2.05, 4.69) is 50.8 Å². The fourth-order valence-electron chi connectivity index (χ4n) is 1.74. The van der Waals surface area contributed by atoms with Crippen molar-refractivity contribution >= 4 is 5.69 Å². The van der Waals surface area contributed by atoms with Crippen LogP contribution in [0.5, 0.6) is 0 Å². The highest BCUT2D eigenvalue weighted by Crippen LogP contribution is 2.18. The molecule has 0 unspecified atom stereocenters. The molecule has 0 fully saturated rings. The number of rotatable bonds is 3. The molecule has 0 spiro atoms. The highest BCUT2D eigenvalue weighted by Gasteiger charge is 2.12. The third-order valence-corrected chi connectivity index (χ3v) is 2.11. The minimum absolute atomic E-state index is 0.544. The second-order valence-electron chi connectivity index (χ2n) is 3.85. The van der Waals surface area contributed by atoms with E-state index in [-0.39, 0.29) is 0 Å². The molecular formula is C12H18N. The van der Waals surface area contributed by atoms with E-state index in [1.807, 2.05) is 12.1 Å².